The largest absolute Gasteiger partial charge is 0.478 e. The third-order valence-electron chi connectivity index (χ3n) is 1.91. The van der Waals surface area contributed by atoms with Gasteiger partial charge in [-0.25, -0.2) is 13.2 Å². The van der Waals surface area contributed by atoms with Crippen LogP contribution in [0, 0.1) is 0 Å². The van der Waals surface area contributed by atoms with E-state index in [1.165, 1.54) is 12.1 Å². The topological polar surface area (TPSA) is 97.5 Å². The van der Waals surface area contributed by atoms with Crippen LogP contribution in [-0.4, -0.2) is 25.7 Å². The van der Waals surface area contributed by atoms with Crippen LogP contribution in [0.2, 0.25) is 5.02 Å². The van der Waals surface area contributed by atoms with Crippen LogP contribution in [0.15, 0.2) is 12.1 Å². The lowest BCUT2D eigenvalue weighted by Gasteiger charge is -2.09. The molecule has 0 aliphatic rings. The molecule has 88 valence electrons. The highest BCUT2D eigenvalue weighted by molar-refractivity contribution is 7.89. The van der Waals surface area contributed by atoms with Crippen molar-refractivity contribution in [1.82, 2.24) is 0 Å². The Morgan fingerprint density at radius 2 is 2.06 bits per heavy atom. The maximum atomic E-state index is 11.1. The Labute approximate surface area is 97.8 Å². The molecule has 0 heterocycles. The van der Waals surface area contributed by atoms with Gasteiger partial charge in [-0.05, 0) is 11.6 Å². The van der Waals surface area contributed by atoms with Gasteiger partial charge < -0.3 is 10.8 Å². The van der Waals surface area contributed by atoms with Gasteiger partial charge in [-0.1, -0.05) is 17.7 Å². The standard InChI is InChI=1S/C9H10ClNO4S/c1-16(14,15)4-5-2-3-6(10)8(11)7(5)9(12)13/h2-3H,4,11H2,1H3,(H,12,13). The number of anilines is 1. The van der Waals surface area contributed by atoms with E-state index in [0.29, 0.717) is 0 Å². The number of hydrogen-bond donors (Lipinski definition) is 2. The highest BCUT2D eigenvalue weighted by Gasteiger charge is 2.19. The van der Waals surface area contributed by atoms with E-state index in [-0.39, 0.29) is 27.6 Å². The van der Waals surface area contributed by atoms with Crippen molar-refractivity contribution in [3.05, 3.63) is 28.3 Å². The molecule has 16 heavy (non-hydrogen) atoms. The lowest BCUT2D eigenvalue weighted by atomic mass is 10.1. The summed E-state index contributed by atoms with van der Waals surface area (Å²) in [4.78, 5) is 10.9. The molecule has 0 bridgehead atoms. The SMILES string of the molecule is CS(=O)(=O)Cc1ccc(Cl)c(N)c1C(=O)O. The highest BCUT2D eigenvalue weighted by atomic mass is 35.5. The zero-order valence-electron chi connectivity index (χ0n) is 8.40. The lowest BCUT2D eigenvalue weighted by molar-refractivity contribution is 0.0697. The first-order valence-corrected chi connectivity index (χ1v) is 6.64. The Balaban J connectivity index is 3.41. The minimum Gasteiger partial charge on any atom is -0.478 e. The van der Waals surface area contributed by atoms with Crippen molar-refractivity contribution in [2.45, 2.75) is 5.75 Å². The molecule has 1 rings (SSSR count). The Morgan fingerprint density at radius 1 is 1.50 bits per heavy atom. The van der Waals surface area contributed by atoms with Gasteiger partial charge in [0.25, 0.3) is 0 Å². The van der Waals surface area contributed by atoms with Crippen LogP contribution in [0.25, 0.3) is 0 Å². The Hall–Kier alpha value is -1.27. The summed E-state index contributed by atoms with van der Waals surface area (Å²) in [6, 6.07) is 2.73. The summed E-state index contributed by atoms with van der Waals surface area (Å²) in [7, 11) is -3.32. The molecule has 0 spiro atoms. The van der Waals surface area contributed by atoms with Crippen LogP contribution in [0.3, 0.4) is 0 Å². The predicted molar refractivity (Wildman–Crippen MR) is 61.4 cm³/mol. The third kappa shape index (κ3) is 2.86. The van der Waals surface area contributed by atoms with Crippen molar-refractivity contribution in [2.24, 2.45) is 0 Å². The maximum Gasteiger partial charge on any atom is 0.338 e. The van der Waals surface area contributed by atoms with E-state index in [9.17, 15) is 13.2 Å². The van der Waals surface area contributed by atoms with Crippen LogP contribution in [-0.2, 0) is 15.6 Å². The Morgan fingerprint density at radius 3 is 2.50 bits per heavy atom. The summed E-state index contributed by atoms with van der Waals surface area (Å²) >= 11 is 5.66. The van der Waals surface area contributed by atoms with Crippen molar-refractivity contribution in [3.63, 3.8) is 0 Å². The van der Waals surface area contributed by atoms with E-state index in [1.807, 2.05) is 0 Å². The van der Waals surface area contributed by atoms with Crippen molar-refractivity contribution in [2.75, 3.05) is 12.0 Å². The molecule has 1 aromatic carbocycles. The second-order valence-electron chi connectivity index (χ2n) is 3.37. The van der Waals surface area contributed by atoms with Crippen LogP contribution >= 0.6 is 11.6 Å². The molecule has 0 fully saturated rings. The quantitative estimate of drug-likeness (QED) is 0.798. The first kappa shape index (κ1) is 12.8. The molecule has 7 heteroatoms. The van der Waals surface area contributed by atoms with Crippen molar-refractivity contribution in [1.29, 1.82) is 0 Å². The Bertz CT molecular complexity index is 539. The van der Waals surface area contributed by atoms with Gasteiger partial charge in [0.15, 0.2) is 9.84 Å². The summed E-state index contributed by atoms with van der Waals surface area (Å²) in [5, 5.41) is 9.03. The zero-order valence-corrected chi connectivity index (χ0v) is 9.97. The molecular formula is C9H10ClNO4S. The molecular weight excluding hydrogens is 254 g/mol. The van der Waals surface area contributed by atoms with Crippen LogP contribution in [0.1, 0.15) is 15.9 Å². The number of carbonyl (C=O) groups is 1. The van der Waals surface area contributed by atoms with Crippen LogP contribution in [0.5, 0.6) is 0 Å². The molecule has 0 saturated carbocycles. The number of halogens is 1. The van der Waals surface area contributed by atoms with Crippen molar-refractivity contribution < 1.29 is 18.3 Å². The fourth-order valence-corrected chi connectivity index (χ4v) is 2.26. The normalized spacial score (nSPS) is 11.4. The van der Waals surface area contributed by atoms with Gasteiger partial charge in [-0.2, -0.15) is 0 Å². The number of aromatic carboxylic acids is 1. The average Bonchev–Trinajstić information content (AvgIpc) is 2.08. The molecule has 0 aliphatic heterocycles. The van der Waals surface area contributed by atoms with E-state index in [0.717, 1.165) is 6.26 Å². The third-order valence-corrected chi connectivity index (χ3v) is 3.08. The smallest absolute Gasteiger partial charge is 0.338 e. The van der Waals surface area contributed by atoms with Gasteiger partial charge in [-0.15, -0.1) is 0 Å². The van der Waals surface area contributed by atoms with Gasteiger partial charge in [-0.3, -0.25) is 0 Å². The van der Waals surface area contributed by atoms with Crippen molar-refractivity contribution >= 4 is 33.1 Å². The number of hydrogen-bond acceptors (Lipinski definition) is 4. The monoisotopic (exact) mass is 263 g/mol. The first-order chi connectivity index (χ1) is 7.22. The van der Waals surface area contributed by atoms with Gasteiger partial charge in [0.05, 0.1) is 22.0 Å². The van der Waals surface area contributed by atoms with E-state index < -0.39 is 15.8 Å². The van der Waals surface area contributed by atoms with Gasteiger partial charge in [0, 0.05) is 6.26 Å². The number of sulfone groups is 1. The number of nitrogens with two attached hydrogens (primary N) is 1. The van der Waals surface area contributed by atoms with E-state index in [4.69, 9.17) is 22.4 Å². The number of benzene rings is 1. The van der Waals surface area contributed by atoms with Gasteiger partial charge >= 0.3 is 5.97 Å². The van der Waals surface area contributed by atoms with Gasteiger partial charge in [0.2, 0.25) is 0 Å². The molecule has 0 aliphatic carbocycles. The molecule has 0 atom stereocenters. The summed E-state index contributed by atoms with van der Waals surface area (Å²) in [6.45, 7) is 0. The van der Waals surface area contributed by atoms with Crippen molar-refractivity contribution in [3.8, 4) is 0 Å². The summed E-state index contributed by atoms with van der Waals surface area (Å²) < 4.78 is 22.2. The minimum atomic E-state index is -3.32. The highest BCUT2D eigenvalue weighted by Crippen LogP contribution is 2.27. The first-order valence-electron chi connectivity index (χ1n) is 4.20. The second-order valence-corrected chi connectivity index (χ2v) is 5.92. The summed E-state index contributed by atoms with van der Waals surface area (Å²) in [5.41, 5.74) is 5.26. The molecule has 0 unspecified atom stereocenters. The number of carboxylic acids is 1. The number of rotatable bonds is 3. The van der Waals surface area contributed by atoms with E-state index >= 15 is 0 Å². The molecule has 1 aromatic rings. The molecule has 3 N–H and O–H groups in total. The zero-order chi connectivity index (χ0) is 12.5. The Kier molecular flexibility index (Phi) is 3.44. The molecule has 5 nitrogen and oxygen atoms in total. The fraction of sp³-hybridized carbons (Fsp3) is 0.222. The maximum absolute atomic E-state index is 11.1. The van der Waals surface area contributed by atoms with E-state index in [1.54, 1.807) is 0 Å². The summed E-state index contributed by atoms with van der Waals surface area (Å²) in [6.07, 6.45) is 1.02. The molecule has 0 radical (unpaired) electrons. The second kappa shape index (κ2) is 4.31. The number of nitrogen functional groups attached to an aromatic ring is 1. The van der Waals surface area contributed by atoms with E-state index in [2.05, 4.69) is 0 Å². The summed E-state index contributed by atoms with van der Waals surface area (Å²) in [5.74, 6) is -1.67. The average molecular weight is 264 g/mol. The van der Waals surface area contributed by atoms with Crippen LogP contribution in [0.4, 0.5) is 5.69 Å². The number of carboxylic acid groups (broad SMARTS) is 1. The van der Waals surface area contributed by atoms with Crippen LogP contribution < -0.4 is 5.73 Å². The van der Waals surface area contributed by atoms with Gasteiger partial charge in [0.1, 0.15) is 0 Å². The minimum absolute atomic E-state index is 0.0923. The lowest BCUT2D eigenvalue weighted by Crippen LogP contribution is -2.11. The molecule has 0 saturated heterocycles. The predicted octanol–water partition coefficient (Wildman–Crippen LogP) is 1.17. The molecule has 0 amide bonds. The fourth-order valence-electron chi connectivity index (χ4n) is 1.29. The molecule has 0 aromatic heterocycles.